The predicted octanol–water partition coefficient (Wildman–Crippen LogP) is 1.01. The smallest absolute Gasteiger partial charge is 0.253 e. The van der Waals surface area contributed by atoms with Crippen LogP contribution < -0.4 is 5.73 Å². The van der Waals surface area contributed by atoms with E-state index >= 15 is 0 Å². The molecule has 0 aliphatic carbocycles. The number of nitrogens with two attached hydrogens (primary N) is 1. The number of likely N-dealkylation sites (N-methyl/N-ethyl adjacent to an activating group) is 1. The summed E-state index contributed by atoms with van der Waals surface area (Å²) in [6.07, 6.45) is -0.543. The molecule has 2 N–H and O–H groups in total. The molecule has 0 saturated carbocycles. The van der Waals surface area contributed by atoms with Gasteiger partial charge in [-0.3, -0.25) is 4.79 Å². The van der Waals surface area contributed by atoms with Gasteiger partial charge >= 0.3 is 0 Å². The largest absolute Gasteiger partial charge is 0.370 e. The zero-order valence-corrected chi connectivity index (χ0v) is 10.4. The van der Waals surface area contributed by atoms with Crippen LogP contribution in [0.3, 0.4) is 0 Å². The number of amides is 1. The van der Waals surface area contributed by atoms with Crippen molar-refractivity contribution in [1.29, 1.82) is 0 Å². The Bertz CT molecular complexity index is 337. The Labute approximate surface area is 102 Å². The summed E-state index contributed by atoms with van der Waals surface area (Å²) in [5.41, 5.74) is 6.60. The van der Waals surface area contributed by atoms with E-state index in [1.165, 1.54) is 7.11 Å². The monoisotopic (exact) mass is 236 g/mol. The van der Waals surface area contributed by atoms with Gasteiger partial charge in [0.25, 0.3) is 5.91 Å². The van der Waals surface area contributed by atoms with Crippen LogP contribution in [-0.4, -0.2) is 37.1 Å². The minimum absolute atomic E-state index is 0.0543. The number of hydrogen-bond donors (Lipinski definition) is 1. The highest BCUT2D eigenvalue weighted by Crippen LogP contribution is 2.06. The first-order valence-electron chi connectivity index (χ1n) is 5.78. The van der Waals surface area contributed by atoms with Gasteiger partial charge in [0.05, 0.1) is 0 Å². The van der Waals surface area contributed by atoms with Crippen LogP contribution in [0.1, 0.15) is 12.5 Å². The molecule has 94 valence electrons. The lowest BCUT2D eigenvalue weighted by Gasteiger charge is -2.25. The van der Waals surface area contributed by atoms with Crippen LogP contribution >= 0.6 is 0 Å². The van der Waals surface area contributed by atoms with Gasteiger partial charge in [0.1, 0.15) is 6.10 Å². The van der Waals surface area contributed by atoms with Crippen LogP contribution in [0.5, 0.6) is 0 Å². The van der Waals surface area contributed by atoms with E-state index in [-0.39, 0.29) is 12.5 Å². The average Bonchev–Trinajstić information content (AvgIpc) is 2.38. The van der Waals surface area contributed by atoms with Crippen molar-refractivity contribution >= 4 is 5.91 Å². The van der Waals surface area contributed by atoms with Crippen LogP contribution in [0.25, 0.3) is 0 Å². The summed E-state index contributed by atoms with van der Waals surface area (Å²) < 4.78 is 5.07. The van der Waals surface area contributed by atoms with Crippen LogP contribution in [0, 0.1) is 0 Å². The molecule has 0 fully saturated rings. The van der Waals surface area contributed by atoms with Crippen LogP contribution in [-0.2, 0) is 16.1 Å². The maximum absolute atomic E-state index is 12.1. The molecule has 1 rings (SSSR count). The molecule has 4 nitrogen and oxygen atoms in total. The SMILES string of the molecule is CCN(Cc1ccccc1)C(=O)C(CN)OC. The molecule has 1 unspecified atom stereocenters. The molecule has 0 heterocycles. The van der Waals surface area contributed by atoms with E-state index in [2.05, 4.69) is 0 Å². The summed E-state index contributed by atoms with van der Waals surface area (Å²) in [6, 6.07) is 9.88. The molecule has 1 aromatic rings. The Balaban J connectivity index is 2.68. The molecule has 17 heavy (non-hydrogen) atoms. The minimum Gasteiger partial charge on any atom is -0.370 e. The number of ether oxygens (including phenoxy) is 1. The molecule has 0 spiro atoms. The summed E-state index contributed by atoms with van der Waals surface area (Å²) in [6.45, 7) is 3.40. The molecular formula is C13H20N2O2. The zero-order chi connectivity index (χ0) is 12.7. The van der Waals surface area contributed by atoms with Crippen molar-refractivity contribution in [2.75, 3.05) is 20.2 Å². The molecule has 1 atom stereocenters. The lowest BCUT2D eigenvalue weighted by molar-refractivity contribution is -0.141. The molecule has 0 aliphatic heterocycles. The molecule has 0 aromatic heterocycles. The fourth-order valence-corrected chi connectivity index (χ4v) is 1.65. The second-order valence-electron chi connectivity index (χ2n) is 3.80. The maximum atomic E-state index is 12.1. The number of carbonyl (C=O) groups is 1. The summed E-state index contributed by atoms with van der Waals surface area (Å²) in [5.74, 6) is -0.0543. The van der Waals surface area contributed by atoms with Gasteiger partial charge in [-0.25, -0.2) is 0 Å². The van der Waals surface area contributed by atoms with Gasteiger partial charge in [0.2, 0.25) is 0 Å². The fraction of sp³-hybridized carbons (Fsp3) is 0.462. The number of hydrogen-bond acceptors (Lipinski definition) is 3. The number of carbonyl (C=O) groups excluding carboxylic acids is 1. The van der Waals surface area contributed by atoms with E-state index in [1.54, 1.807) is 4.90 Å². The standard InChI is InChI=1S/C13H20N2O2/c1-3-15(13(16)12(9-14)17-2)10-11-7-5-4-6-8-11/h4-8,12H,3,9-10,14H2,1-2H3. The first-order valence-corrected chi connectivity index (χ1v) is 5.78. The number of rotatable bonds is 6. The van der Waals surface area contributed by atoms with Crippen molar-refractivity contribution in [2.45, 2.75) is 19.6 Å². The van der Waals surface area contributed by atoms with E-state index in [0.29, 0.717) is 13.1 Å². The molecule has 1 amide bonds. The summed E-state index contributed by atoms with van der Waals surface area (Å²) in [5, 5.41) is 0. The van der Waals surface area contributed by atoms with Gasteiger partial charge in [-0.2, -0.15) is 0 Å². The Morgan fingerprint density at radius 3 is 2.53 bits per heavy atom. The normalized spacial score (nSPS) is 12.2. The maximum Gasteiger partial charge on any atom is 0.253 e. The fourth-order valence-electron chi connectivity index (χ4n) is 1.65. The van der Waals surface area contributed by atoms with Gasteiger partial charge in [-0.05, 0) is 12.5 Å². The number of benzene rings is 1. The van der Waals surface area contributed by atoms with Crippen molar-refractivity contribution in [3.63, 3.8) is 0 Å². The lowest BCUT2D eigenvalue weighted by atomic mass is 10.2. The Hall–Kier alpha value is -1.39. The van der Waals surface area contributed by atoms with Gasteiger partial charge in [0.15, 0.2) is 0 Å². The first kappa shape index (κ1) is 13.7. The average molecular weight is 236 g/mol. The Morgan fingerprint density at radius 2 is 2.06 bits per heavy atom. The Kier molecular flexibility index (Phi) is 5.66. The van der Waals surface area contributed by atoms with Crippen LogP contribution in [0.4, 0.5) is 0 Å². The van der Waals surface area contributed by atoms with Crippen LogP contribution in [0.15, 0.2) is 30.3 Å². The van der Waals surface area contributed by atoms with E-state index in [0.717, 1.165) is 5.56 Å². The first-order chi connectivity index (χ1) is 8.22. The van der Waals surface area contributed by atoms with Gasteiger partial charge in [-0.1, -0.05) is 30.3 Å². The van der Waals surface area contributed by atoms with Crippen LogP contribution in [0.2, 0.25) is 0 Å². The van der Waals surface area contributed by atoms with Crippen molar-refractivity contribution in [3.8, 4) is 0 Å². The highest BCUT2D eigenvalue weighted by Gasteiger charge is 2.21. The summed E-state index contributed by atoms with van der Waals surface area (Å²) in [4.78, 5) is 13.8. The Morgan fingerprint density at radius 1 is 1.41 bits per heavy atom. The van der Waals surface area contributed by atoms with Gasteiger partial charge in [-0.15, -0.1) is 0 Å². The van der Waals surface area contributed by atoms with Crippen molar-refractivity contribution in [2.24, 2.45) is 5.73 Å². The van der Waals surface area contributed by atoms with Crippen molar-refractivity contribution in [1.82, 2.24) is 4.90 Å². The van der Waals surface area contributed by atoms with Gasteiger partial charge < -0.3 is 15.4 Å². The molecule has 0 saturated heterocycles. The van der Waals surface area contributed by atoms with Crippen molar-refractivity contribution in [3.05, 3.63) is 35.9 Å². The van der Waals surface area contributed by atoms with E-state index in [1.807, 2.05) is 37.3 Å². The third kappa shape index (κ3) is 3.84. The van der Waals surface area contributed by atoms with Crippen molar-refractivity contribution < 1.29 is 9.53 Å². The molecule has 0 bridgehead atoms. The van der Waals surface area contributed by atoms with E-state index in [4.69, 9.17) is 10.5 Å². The predicted molar refractivity (Wildman–Crippen MR) is 67.4 cm³/mol. The highest BCUT2D eigenvalue weighted by atomic mass is 16.5. The third-order valence-electron chi connectivity index (χ3n) is 2.68. The minimum atomic E-state index is -0.543. The molecule has 0 aliphatic rings. The van der Waals surface area contributed by atoms with Gasteiger partial charge in [0, 0.05) is 26.7 Å². The summed E-state index contributed by atoms with van der Waals surface area (Å²) in [7, 11) is 1.51. The lowest BCUT2D eigenvalue weighted by Crippen LogP contribution is -2.43. The molecular weight excluding hydrogens is 216 g/mol. The zero-order valence-electron chi connectivity index (χ0n) is 10.4. The third-order valence-corrected chi connectivity index (χ3v) is 2.68. The highest BCUT2D eigenvalue weighted by molar-refractivity contribution is 5.81. The summed E-state index contributed by atoms with van der Waals surface area (Å²) >= 11 is 0. The second-order valence-corrected chi connectivity index (χ2v) is 3.80. The van der Waals surface area contributed by atoms with E-state index in [9.17, 15) is 4.79 Å². The topological polar surface area (TPSA) is 55.6 Å². The molecule has 4 heteroatoms. The van der Waals surface area contributed by atoms with E-state index < -0.39 is 6.10 Å². The molecule has 0 radical (unpaired) electrons. The molecule has 1 aromatic carbocycles. The number of nitrogens with zero attached hydrogens (tertiary/aromatic N) is 1. The number of methoxy groups -OCH3 is 1. The quantitative estimate of drug-likeness (QED) is 0.802. The second kappa shape index (κ2) is 7.04.